The Bertz CT molecular complexity index is 575. The van der Waals surface area contributed by atoms with Crippen LogP contribution in [0, 0.1) is 0 Å². The van der Waals surface area contributed by atoms with Gasteiger partial charge in [-0.15, -0.1) is 0 Å². The minimum atomic E-state index is -3.10. The van der Waals surface area contributed by atoms with Gasteiger partial charge in [-0.25, -0.2) is 13.2 Å². The van der Waals surface area contributed by atoms with Crippen molar-refractivity contribution in [3.63, 3.8) is 0 Å². The van der Waals surface area contributed by atoms with Crippen LogP contribution in [0.4, 0.5) is 4.79 Å². The van der Waals surface area contributed by atoms with E-state index in [1.807, 2.05) is 20.8 Å². The van der Waals surface area contributed by atoms with E-state index in [1.165, 1.54) is 5.41 Å². The molecule has 118 valence electrons. The van der Waals surface area contributed by atoms with E-state index in [0.717, 1.165) is 0 Å². The summed E-state index contributed by atoms with van der Waals surface area (Å²) in [5.74, 6) is 0.636. The molecule has 0 saturated carbocycles. The molecule has 8 heteroatoms. The van der Waals surface area contributed by atoms with Gasteiger partial charge in [0.05, 0.1) is 24.9 Å². The van der Waals surface area contributed by atoms with Crippen molar-refractivity contribution in [2.75, 3.05) is 25.4 Å². The molecule has 0 aromatic heterocycles. The third-order valence-electron chi connectivity index (χ3n) is 2.95. The van der Waals surface area contributed by atoms with Crippen molar-refractivity contribution in [2.45, 2.75) is 32.4 Å². The van der Waals surface area contributed by atoms with Gasteiger partial charge in [0.2, 0.25) is 0 Å². The SMILES string of the molecule is CC(C)(C)OC(=O)N1CCN=C(NC2C=CS(=O)(=O)C2)C1. The van der Waals surface area contributed by atoms with Gasteiger partial charge in [-0.05, 0) is 26.8 Å². The minimum Gasteiger partial charge on any atom is -0.444 e. The summed E-state index contributed by atoms with van der Waals surface area (Å²) in [4.78, 5) is 17.9. The molecule has 0 spiro atoms. The van der Waals surface area contributed by atoms with Crippen molar-refractivity contribution in [2.24, 2.45) is 4.99 Å². The maximum atomic E-state index is 12.0. The zero-order valence-electron chi connectivity index (χ0n) is 12.5. The Morgan fingerprint density at radius 2 is 2.19 bits per heavy atom. The average molecular weight is 315 g/mol. The van der Waals surface area contributed by atoms with Crippen molar-refractivity contribution in [1.29, 1.82) is 0 Å². The summed E-state index contributed by atoms with van der Waals surface area (Å²) in [6, 6.07) is -0.285. The number of ether oxygens (including phenoxy) is 1. The monoisotopic (exact) mass is 315 g/mol. The lowest BCUT2D eigenvalue weighted by atomic mass is 10.2. The zero-order chi connectivity index (χ0) is 15.7. The molecule has 2 heterocycles. The largest absolute Gasteiger partial charge is 0.444 e. The van der Waals surface area contributed by atoms with Crippen LogP contribution >= 0.6 is 0 Å². The van der Waals surface area contributed by atoms with Crippen LogP contribution in [-0.2, 0) is 14.6 Å². The summed E-state index contributed by atoms with van der Waals surface area (Å²) in [7, 11) is -3.10. The highest BCUT2D eigenvalue weighted by atomic mass is 32.2. The number of amidine groups is 1. The maximum Gasteiger partial charge on any atom is 0.410 e. The number of hydrogen-bond donors (Lipinski definition) is 1. The molecule has 1 N–H and O–H groups in total. The van der Waals surface area contributed by atoms with Gasteiger partial charge >= 0.3 is 6.09 Å². The third kappa shape index (κ3) is 4.73. The van der Waals surface area contributed by atoms with E-state index in [-0.39, 0.29) is 17.9 Å². The molecular formula is C13H21N3O4S. The van der Waals surface area contributed by atoms with E-state index < -0.39 is 15.4 Å². The Balaban J connectivity index is 1.91. The smallest absolute Gasteiger partial charge is 0.410 e. The van der Waals surface area contributed by atoms with E-state index in [2.05, 4.69) is 10.3 Å². The lowest BCUT2D eigenvalue weighted by molar-refractivity contribution is 0.0276. The van der Waals surface area contributed by atoms with Crippen LogP contribution < -0.4 is 5.32 Å². The van der Waals surface area contributed by atoms with Gasteiger partial charge in [-0.3, -0.25) is 9.89 Å². The minimum absolute atomic E-state index is 0.0262. The summed E-state index contributed by atoms with van der Waals surface area (Å²) in [6.45, 7) is 6.73. The fraction of sp³-hybridized carbons (Fsp3) is 0.692. The molecule has 2 aliphatic heterocycles. The van der Waals surface area contributed by atoms with Crippen LogP contribution in [0.15, 0.2) is 16.5 Å². The molecule has 1 unspecified atom stereocenters. The Kier molecular flexibility index (Phi) is 4.27. The number of rotatable bonds is 1. The third-order valence-corrected chi connectivity index (χ3v) is 4.34. The summed E-state index contributed by atoms with van der Waals surface area (Å²) >= 11 is 0. The molecular weight excluding hydrogens is 294 g/mol. The molecule has 1 amide bonds. The standard InChI is InChI=1S/C13H21N3O4S/c1-13(2,3)20-12(17)16-6-5-14-11(8-16)15-10-4-7-21(18,19)9-10/h4,7,10H,5-6,8-9H2,1-3H3,(H,14,15). The Labute approximate surface area is 125 Å². The molecule has 0 aliphatic carbocycles. The van der Waals surface area contributed by atoms with Gasteiger partial charge in [-0.1, -0.05) is 0 Å². The number of carbonyl (C=O) groups is 1. The van der Waals surface area contributed by atoms with Crippen molar-refractivity contribution < 1.29 is 17.9 Å². The molecule has 0 aromatic rings. The number of nitrogens with one attached hydrogen (secondary N) is 1. The first-order valence-electron chi connectivity index (χ1n) is 6.83. The maximum absolute atomic E-state index is 12.0. The molecule has 21 heavy (non-hydrogen) atoms. The Hall–Kier alpha value is -1.57. The quantitative estimate of drug-likeness (QED) is 0.763. The van der Waals surface area contributed by atoms with Crippen LogP contribution in [0.3, 0.4) is 0 Å². The van der Waals surface area contributed by atoms with Gasteiger partial charge in [0.15, 0.2) is 9.84 Å². The number of aliphatic imine (C=N–C) groups is 1. The van der Waals surface area contributed by atoms with Gasteiger partial charge in [-0.2, -0.15) is 0 Å². The van der Waals surface area contributed by atoms with E-state index >= 15 is 0 Å². The van der Waals surface area contributed by atoms with Crippen LogP contribution in [-0.4, -0.2) is 62.3 Å². The highest BCUT2D eigenvalue weighted by molar-refractivity contribution is 7.94. The summed E-state index contributed by atoms with van der Waals surface area (Å²) in [6.07, 6.45) is 1.22. The molecule has 0 aromatic carbocycles. The lowest BCUT2D eigenvalue weighted by Crippen LogP contribution is -2.49. The van der Waals surface area contributed by atoms with Gasteiger partial charge in [0.25, 0.3) is 0 Å². The van der Waals surface area contributed by atoms with Crippen LogP contribution in [0.5, 0.6) is 0 Å². The number of nitrogens with zero attached hydrogens (tertiary/aromatic N) is 2. The first-order chi connectivity index (χ1) is 9.65. The van der Waals surface area contributed by atoms with E-state index in [1.54, 1.807) is 11.0 Å². The number of hydrogen-bond acceptors (Lipinski definition) is 6. The molecule has 1 atom stereocenters. The van der Waals surface area contributed by atoms with Crippen molar-refractivity contribution >= 4 is 21.8 Å². The fourth-order valence-electron chi connectivity index (χ4n) is 2.07. The van der Waals surface area contributed by atoms with Crippen molar-refractivity contribution in [3.05, 3.63) is 11.5 Å². The van der Waals surface area contributed by atoms with E-state index in [0.29, 0.717) is 25.5 Å². The van der Waals surface area contributed by atoms with Crippen LogP contribution in [0.2, 0.25) is 0 Å². The molecule has 7 nitrogen and oxygen atoms in total. The van der Waals surface area contributed by atoms with Crippen molar-refractivity contribution in [1.82, 2.24) is 10.2 Å². The average Bonchev–Trinajstić information content (AvgIpc) is 2.67. The van der Waals surface area contributed by atoms with Crippen LogP contribution in [0.25, 0.3) is 0 Å². The van der Waals surface area contributed by atoms with Gasteiger partial charge in [0, 0.05) is 12.0 Å². The van der Waals surface area contributed by atoms with Crippen LogP contribution in [0.1, 0.15) is 20.8 Å². The number of sulfone groups is 1. The molecule has 0 bridgehead atoms. The highest BCUT2D eigenvalue weighted by Gasteiger charge is 2.27. The predicted molar refractivity (Wildman–Crippen MR) is 80.0 cm³/mol. The molecule has 2 rings (SSSR count). The second-order valence-electron chi connectivity index (χ2n) is 6.14. The number of amides is 1. The Morgan fingerprint density at radius 1 is 1.48 bits per heavy atom. The van der Waals surface area contributed by atoms with Gasteiger partial charge < -0.3 is 10.1 Å². The molecule has 0 radical (unpaired) electrons. The zero-order valence-corrected chi connectivity index (χ0v) is 13.3. The number of carbonyl (C=O) groups excluding carboxylic acids is 1. The fourth-order valence-corrected chi connectivity index (χ4v) is 3.30. The first kappa shape index (κ1) is 15.8. The topological polar surface area (TPSA) is 88.1 Å². The van der Waals surface area contributed by atoms with E-state index in [9.17, 15) is 13.2 Å². The van der Waals surface area contributed by atoms with Crippen molar-refractivity contribution in [3.8, 4) is 0 Å². The first-order valence-corrected chi connectivity index (χ1v) is 8.55. The summed E-state index contributed by atoms with van der Waals surface area (Å²) < 4.78 is 28.0. The predicted octanol–water partition coefficient (Wildman–Crippen LogP) is 0.536. The molecule has 2 aliphatic rings. The second kappa shape index (κ2) is 5.67. The lowest BCUT2D eigenvalue weighted by Gasteiger charge is -2.30. The molecule has 0 saturated heterocycles. The second-order valence-corrected chi connectivity index (χ2v) is 8.07. The highest BCUT2D eigenvalue weighted by Crippen LogP contribution is 2.12. The molecule has 0 fully saturated rings. The Morgan fingerprint density at radius 3 is 2.76 bits per heavy atom. The summed E-state index contributed by atoms with van der Waals surface area (Å²) in [5, 5.41) is 4.26. The van der Waals surface area contributed by atoms with Gasteiger partial charge in [0.1, 0.15) is 11.4 Å². The summed E-state index contributed by atoms with van der Waals surface area (Å²) in [5.41, 5.74) is -0.540. The van der Waals surface area contributed by atoms with E-state index in [4.69, 9.17) is 4.74 Å². The normalized spacial score (nSPS) is 24.6.